The maximum atomic E-state index is 13.2. The van der Waals surface area contributed by atoms with Crippen molar-refractivity contribution in [3.8, 4) is 11.3 Å². The highest BCUT2D eigenvalue weighted by Crippen LogP contribution is 2.27. The van der Waals surface area contributed by atoms with Crippen molar-refractivity contribution >= 4 is 10.0 Å². The van der Waals surface area contributed by atoms with E-state index in [0.717, 1.165) is 25.2 Å². The molecule has 3 rings (SSSR count). The maximum absolute atomic E-state index is 13.2. The second-order valence-corrected chi connectivity index (χ2v) is 8.23. The second-order valence-electron chi connectivity index (χ2n) is 6.32. The van der Waals surface area contributed by atoms with Gasteiger partial charge in [0.1, 0.15) is 0 Å². The number of nitrogens with one attached hydrogen (secondary N) is 1. The zero-order valence-corrected chi connectivity index (χ0v) is 15.9. The van der Waals surface area contributed by atoms with E-state index in [9.17, 15) is 13.2 Å². The number of H-pyrrole nitrogens is 1. The summed E-state index contributed by atoms with van der Waals surface area (Å²) in [4.78, 5) is 13.8. The summed E-state index contributed by atoms with van der Waals surface area (Å²) in [5.41, 5.74) is 1.71. The molecule has 2 aromatic rings. The molecule has 0 spiro atoms. The second kappa shape index (κ2) is 7.69. The van der Waals surface area contributed by atoms with Crippen LogP contribution in [0.5, 0.6) is 0 Å². The molecule has 0 saturated carbocycles. The van der Waals surface area contributed by atoms with Gasteiger partial charge in [-0.15, -0.1) is 0 Å². The summed E-state index contributed by atoms with van der Waals surface area (Å²) in [6.07, 6.45) is 0.628. The number of hydrogen-bond donors (Lipinski definition) is 1. The summed E-state index contributed by atoms with van der Waals surface area (Å²) in [5, 5.41) is 6.40. The average Bonchev–Trinajstić information content (AvgIpc) is 2.68. The summed E-state index contributed by atoms with van der Waals surface area (Å²) in [6.45, 7) is 7.46. The number of aromatic nitrogens is 2. The lowest BCUT2D eigenvalue weighted by Crippen LogP contribution is -2.48. The lowest BCUT2D eigenvalue weighted by molar-refractivity contribution is 0.196. The lowest BCUT2D eigenvalue weighted by Gasteiger charge is -2.33. The first-order valence-corrected chi connectivity index (χ1v) is 10.3. The van der Waals surface area contributed by atoms with Crippen LogP contribution in [0.25, 0.3) is 11.3 Å². The Kier molecular flexibility index (Phi) is 5.55. The van der Waals surface area contributed by atoms with Crippen LogP contribution in [0.15, 0.2) is 40.0 Å². The van der Waals surface area contributed by atoms with Crippen LogP contribution in [0.4, 0.5) is 0 Å². The van der Waals surface area contributed by atoms with Crippen molar-refractivity contribution in [2.45, 2.75) is 25.2 Å². The highest BCUT2D eigenvalue weighted by Gasteiger charge is 2.30. The quantitative estimate of drug-likeness (QED) is 0.851. The first-order chi connectivity index (χ1) is 12.5. The van der Waals surface area contributed by atoms with Gasteiger partial charge in [-0.05, 0) is 30.7 Å². The molecule has 140 valence electrons. The number of nitrogens with zero attached hydrogens (tertiary/aromatic N) is 3. The Morgan fingerprint density at radius 1 is 1.08 bits per heavy atom. The normalized spacial score (nSPS) is 16.7. The van der Waals surface area contributed by atoms with Crippen molar-refractivity contribution in [1.29, 1.82) is 0 Å². The van der Waals surface area contributed by atoms with Gasteiger partial charge in [-0.2, -0.15) is 9.40 Å². The fourth-order valence-electron chi connectivity index (χ4n) is 3.18. The predicted molar refractivity (Wildman–Crippen MR) is 101 cm³/mol. The molecule has 1 aromatic carbocycles. The summed E-state index contributed by atoms with van der Waals surface area (Å²) >= 11 is 0. The molecule has 1 aromatic heterocycles. The molecule has 1 aliphatic heterocycles. The van der Waals surface area contributed by atoms with Crippen molar-refractivity contribution < 1.29 is 8.42 Å². The molecular weight excluding hydrogens is 352 g/mol. The molecule has 1 saturated heterocycles. The van der Waals surface area contributed by atoms with E-state index in [1.165, 1.54) is 6.07 Å². The molecule has 0 atom stereocenters. The smallest absolute Gasteiger partial charge is 0.264 e. The van der Waals surface area contributed by atoms with Crippen molar-refractivity contribution in [2.75, 3.05) is 32.7 Å². The molecule has 7 nitrogen and oxygen atoms in total. The molecule has 0 aliphatic carbocycles. The molecule has 0 amide bonds. The summed E-state index contributed by atoms with van der Waals surface area (Å²) in [7, 11) is -3.57. The largest absolute Gasteiger partial charge is 0.301 e. The minimum Gasteiger partial charge on any atom is -0.301 e. The third kappa shape index (κ3) is 3.72. The van der Waals surface area contributed by atoms with E-state index >= 15 is 0 Å². The van der Waals surface area contributed by atoms with Crippen molar-refractivity contribution in [3.63, 3.8) is 0 Å². The zero-order valence-electron chi connectivity index (χ0n) is 15.1. The van der Waals surface area contributed by atoms with E-state index in [1.807, 2.05) is 19.1 Å². The van der Waals surface area contributed by atoms with E-state index in [1.54, 1.807) is 16.4 Å². The zero-order chi connectivity index (χ0) is 18.7. The summed E-state index contributed by atoms with van der Waals surface area (Å²) < 4.78 is 28.0. The number of hydrogen-bond acceptors (Lipinski definition) is 5. The Morgan fingerprint density at radius 3 is 2.38 bits per heavy atom. The molecule has 0 bridgehead atoms. The molecule has 8 heteroatoms. The first kappa shape index (κ1) is 18.8. The van der Waals surface area contributed by atoms with Gasteiger partial charge < -0.3 is 4.90 Å². The van der Waals surface area contributed by atoms with Crippen LogP contribution in [0.1, 0.15) is 19.4 Å². The van der Waals surface area contributed by atoms with E-state index in [-0.39, 0.29) is 5.56 Å². The highest BCUT2D eigenvalue weighted by molar-refractivity contribution is 7.89. The molecule has 0 unspecified atom stereocenters. The molecular formula is C18H24N4O3S. The van der Waals surface area contributed by atoms with Crippen LogP contribution >= 0.6 is 0 Å². The van der Waals surface area contributed by atoms with Gasteiger partial charge in [0.05, 0.1) is 10.6 Å². The SMILES string of the molecule is CCc1ccc(-c2ccc(=O)[nH]n2)cc1S(=O)(=O)N1CCN(CC)CC1. The van der Waals surface area contributed by atoms with Crippen LogP contribution in [-0.4, -0.2) is 60.5 Å². The molecule has 2 heterocycles. The van der Waals surface area contributed by atoms with E-state index in [0.29, 0.717) is 35.7 Å². The van der Waals surface area contributed by atoms with Crippen molar-refractivity contribution in [3.05, 3.63) is 46.2 Å². The van der Waals surface area contributed by atoms with Gasteiger partial charge in [0.25, 0.3) is 5.56 Å². The predicted octanol–water partition coefficient (Wildman–Crippen LogP) is 1.33. The Balaban J connectivity index is 1.98. The number of benzene rings is 1. The van der Waals surface area contributed by atoms with Crippen molar-refractivity contribution in [1.82, 2.24) is 19.4 Å². The Morgan fingerprint density at radius 2 is 1.81 bits per heavy atom. The number of aryl methyl sites for hydroxylation is 1. The monoisotopic (exact) mass is 376 g/mol. The molecule has 1 fully saturated rings. The van der Waals surface area contributed by atoms with Crippen molar-refractivity contribution in [2.24, 2.45) is 0 Å². The standard InChI is InChI=1S/C18H24N4O3S/c1-3-14-5-6-15(16-7-8-18(23)20-19-16)13-17(14)26(24,25)22-11-9-21(4-2)10-12-22/h5-8,13H,3-4,9-12H2,1-2H3,(H,20,23). The lowest BCUT2D eigenvalue weighted by atomic mass is 10.1. The van der Waals surface area contributed by atoms with Gasteiger partial charge in [0, 0.05) is 37.8 Å². The van der Waals surface area contributed by atoms with Gasteiger partial charge in [0.15, 0.2) is 0 Å². The number of sulfonamides is 1. The Hall–Kier alpha value is -2.03. The van der Waals surface area contributed by atoms with E-state index < -0.39 is 10.0 Å². The van der Waals surface area contributed by atoms with E-state index in [2.05, 4.69) is 22.0 Å². The number of aromatic amines is 1. The molecule has 26 heavy (non-hydrogen) atoms. The van der Waals surface area contributed by atoms with Gasteiger partial charge in [-0.25, -0.2) is 13.5 Å². The number of piperazine rings is 1. The van der Waals surface area contributed by atoms with Gasteiger partial charge in [-0.3, -0.25) is 4.79 Å². The fraction of sp³-hybridized carbons (Fsp3) is 0.444. The molecule has 0 radical (unpaired) electrons. The third-order valence-electron chi connectivity index (χ3n) is 4.82. The minimum absolute atomic E-state index is 0.291. The third-order valence-corrected chi connectivity index (χ3v) is 6.80. The fourth-order valence-corrected chi connectivity index (χ4v) is 4.92. The van der Waals surface area contributed by atoms with Gasteiger partial charge in [0.2, 0.25) is 10.0 Å². The van der Waals surface area contributed by atoms with Gasteiger partial charge >= 0.3 is 0 Å². The van der Waals surface area contributed by atoms with Crippen LogP contribution in [-0.2, 0) is 16.4 Å². The number of rotatable bonds is 5. The topological polar surface area (TPSA) is 86.4 Å². The van der Waals surface area contributed by atoms with E-state index in [4.69, 9.17) is 0 Å². The summed E-state index contributed by atoms with van der Waals surface area (Å²) in [5.74, 6) is 0. The minimum atomic E-state index is -3.57. The Labute approximate surface area is 153 Å². The number of likely N-dealkylation sites (N-methyl/N-ethyl adjacent to an activating group) is 1. The van der Waals surface area contributed by atoms with Crippen LogP contribution < -0.4 is 5.56 Å². The average molecular weight is 376 g/mol. The van der Waals surface area contributed by atoms with Crippen LogP contribution in [0.3, 0.4) is 0 Å². The molecule has 1 N–H and O–H groups in total. The highest BCUT2D eigenvalue weighted by atomic mass is 32.2. The maximum Gasteiger partial charge on any atom is 0.264 e. The Bertz CT molecular complexity index is 911. The summed E-state index contributed by atoms with van der Waals surface area (Å²) in [6, 6.07) is 8.32. The van der Waals surface area contributed by atoms with Gasteiger partial charge in [-0.1, -0.05) is 26.0 Å². The first-order valence-electron chi connectivity index (χ1n) is 8.87. The van der Waals surface area contributed by atoms with Crippen LogP contribution in [0.2, 0.25) is 0 Å². The van der Waals surface area contributed by atoms with Crippen LogP contribution in [0, 0.1) is 0 Å². The molecule has 1 aliphatic rings.